The van der Waals surface area contributed by atoms with E-state index < -0.39 is 0 Å². The molecule has 2 N–H and O–H groups in total. The van der Waals surface area contributed by atoms with E-state index in [1.54, 1.807) is 12.1 Å². The molecule has 2 heterocycles. The maximum atomic E-state index is 9.29. The lowest BCUT2D eigenvalue weighted by molar-refractivity contribution is 0.914. The lowest BCUT2D eigenvalue weighted by Crippen LogP contribution is -2.10. The van der Waals surface area contributed by atoms with Crippen molar-refractivity contribution < 1.29 is 0 Å². The minimum absolute atomic E-state index is 0.00268. The fraction of sp³-hybridized carbons (Fsp3) is 0.235. The number of rotatable bonds is 6. The Balaban J connectivity index is 1.78. The zero-order chi connectivity index (χ0) is 20.4. The minimum atomic E-state index is -0.00268. The number of nitrogens with one attached hydrogen (secondary N) is 2. The molecule has 1 aliphatic rings. The first-order valence-corrected chi connectivity index (χ1v) is 8.91. The van der Waals surface area contributed by atoms with Gasteiger partial charge in [0.05, 0.1) is 35.1 Å². The average Bonchev–Trinajstić information content (AvgIpc) is 3.44. The molecule has 1 aromatic carbocycles. The third kappa shape index (κ3) is 3.69. The summed E-state index contributed by atoms with van der Waals surface area (Å²) >= 11 is 6.42. The molecule has 0 aliphatic heterocycles. The first-order chi connectivity index (χ1) is 14.1. The van der Waals surface area contributed by atoms with Crippen LogP contribution in [0, 0.1) is 17.9 Å². The van der Waals surface area contributed by atoms with Crippen LogP contribution in [0.2, 0.25) is 5.02 Å². The number of anilines is 3. The van der Waals surface area contributed by atoms with Crippen LogP contribution in [0.15, 0.2) is 23.4 Å². The predicted octanol–water partition coefficient (Wildman–Crippen LogP) is 4.33. The Morgan fingerprint density at radius 1 is 1.45 bits per heavy atom. The first-order valence-electron chi connectivity index (χ1n) is 8.53. The zero-order valence-corrected chi connectivity index (χ0v) is 15.6. The van der Waals surface area contributed by atoms with Gasteiger partial charge >= 0.3 is 0 Å². The number of nitriles is 1. The van der Waals surface area contributed by atoms with Crippen molar-refractivity contribution in [3.63, 3.8) is 0 Å². The molecule has 2 aromatic heterocycles. The minimum Gasteiger partial charge on any atom is -0.362 e. The standard InChI is InChI=1S/C17H12ClN11/c1-21-13-8-22-16-15(24-11-2-3-11)26-17(27-29(13)16)25-12-5-9(6-19)4-10(14(12)18)7-23-28-20/h4-5,8,11H,2-3,7H2,(H2,24,25,26,27). The topological polar surface area (TPSA) is 144 Å². The third-order valence-electron chi connectivity index (χ3n) is 4.20. The summed E-state index contributed by atoms with van der Waals surface area (Å²) in [4.78, 5) is 14.8. The highest BCUT2D eigenvalue weighted by Crippen LogP contribution is 2.32. The number of halogens is 1. The van der Waals surface area contributed by atoms with E-state index in [4.69, 9.17) is 23.7 Å². The molecule has 0 unspecified atom stereocenters. The average molecular weight is 406 g/mol. The molecule has 29 heavy (non-hydrogen) atoms. The summed E-state index contributed by atoms with van der Waals surface area (Å²) in [5, 5.41) is 23.7. The van der Waals surface area contributed by atoms with Crippen molar-refractivity contribution in [1.82, 2.24) is 19.6 Å². The highest BCUT2D eigenvalue weighted by atomic mass is 35.5. The zero-order valence-electron chi connectivity index (χ0n) is 14.8. The maximum Gasteiger partial charge on any atom is 0.275 e. The molecule has 3 aromatic rings. The second-order valence-electron chi connectivity index (χ2n) is 6.29. The van der Waals surface area contributed by atoms with E-state index in [0.717, 1.165) is 12.8 Å². The Kier molecular flexibility index (Phi) is 4.75. The van der Waals surface area contributed by atoms with Crippen molar-refractivity contribution in [2.75, 3.05) is 10.6 Å². The van der Waals surface area contributed by atoms with Crippen LogP contribution in [-0.2, 0) is 6.54 Å². The fourth-order valence-electron chi connectivity index (χ4n) is 2.70. The molecule has 11 nitrogen and oxygen atoms in total. The summed E-state index contributed by atoms with van der Waals surface area (Å²) in [6, 6.07) is 5.46. The number of aromatic nitrogens is 4. The molecule has 1 aliphatic carbocycles. The molecule has 0 atom stereocenters. The van der Waals surface area contributed by atoms with Gasteiger partial charge in [-0.15, -0.1) is 4.52 Å². The van der Waals surface area contributed by atoms with Crippen LogP contribution in [0.3, 0.4) is 0 Å². The van der Waals surface area contributed by atoms with Crippen molar-refractivity contribution >= 4 is 40.5 Å². The molecular weight excluding hydrogens is 394 g/mol. The number of azide groups is 1. The highest BCUT2D eigenvalue weighted by Gasteiger charge is 2.25. The molecule has 0 spiro atoms. The molecule has 142 valence electrons. The molecule has 12 heteroatoms. The third-order valence-corrected chi connectivity index (χ3v) is 4.65. The predicted molar refractivity (Wildman–Crippen MR) is 106 cm³/mol. The van der Waals surface area contributed by atoms with Gasteiger partial charge in [-0.25, -0.2) is 4.98 Å². The van der Waals surface area contributed by atoms with Gasteiger partial charge in [-0.2, -0.15) is 10.2 Å². The Hall–Kier alpha value is -4.05. The lowest BCUT2D eigenvalue weighted by atomic mass is 10.1. The second kappa shape index (κ2) is 7.52. The van der Waals surface area contributed by atoms with Crippen molar-refractivity contribution in [3.05, 3.63) is 56.3 Å². The summed E-state index contributed by atoms with van der Waals surface area (Å²) < 4.78 is 1.40. The van der Waals surface area contributed by atoms with Crippen molar-refractivity contribution in [2.45, 2.75) is 25.4 Å². The molecule has 0 bridgehead atoms. The number of benzene rings is 1. The molecule has 0 saturated heterocycles. The van der Waals surface area contributed by atoms with E-state index in [1.807, 2.05) is 6.07 Å². The van der Waals surface area contributed by atoms with E-state index in [0.29, 0.717) is 34.3 Å². The van der Waals surface area contributed by atoms with Gasteiger partial charge in [0.15, 0.2) is 5.82 Å². The Labute approximate surface area is 169 Å². The van der Waals surface area contributed by atoms with Gasteiger partial charge in [0.2, 0.25) is 0 Å². The quantitative estimate of drug-likeness (QED) is 0.270. The summed E-state index contributed by atoms with van der Waals surface area (Å²) in [5.41, 5.74) is 10.2. The summed E-state index contributed by atoms with van der Waals surface area (Å²) in [6.45, 7) is 7.30. The second-order valence-corrected chi connectivity index (χ2v) is 6.67. The van der Waals surface area contributed by atoms with Crippen LogP contribution < -0.4 is 10.6 Å². The summed E-state index contributed by atoms with van der Waals surface area (Å²) in [6.07, 6.45) is 3.50. The van der Waals surface area contributed by atoms with Crippen molar-refractivity contribution in [1.29, 1.82) is 5.26 Å². The highest BCUT2D eigenvalue weighted by molar-refractivity contribution is 6.34. The normalized spacial score (nSPS) is 12.7. The molecule has 1 saturated carbocycles. The van der Waals surface area contributed by atoms with Crippen molar-refractivity contribution in [2.24, 2.45) is 5.11 Å². The van der Waals surface area contributed by atoms with Crippen LogP contribution in [0.4, 0.5) is 23.3 Å². The molecule has 4 rings (SSSR count). The van der Waals surface area contributed by atoms with E-state index in [-0.39, 0.29) is 23.3 Å². The number of imidazole rings is 1. The fourth-order valence-corrected chi connectivity index (χ4v) is 2.92. The first kappa shape index (κ1) is 18.3. The number of hydrogen-bond acceptors (Lipinski definition) is 7. The van der Waals surface area contributed by atoms with Gasteiger partial charge in [0.25, 0.3) is 17.4 Å². The van der Waals surface area contributed by atoms with Gasteiger partial charge in [-0.1, -0.05) is 28.4 Å². The molecule has 1 fully saturated rings. The maximum absolute atomic E-state index is 9.29. The Bertz CT molecular complexity index is 1240. The number of fused-ring (bicyclic) bond motifs is 1. The van der Waals surface area contributed by atoms with Crippen LogP contribution in [0.1, 0.15) is 24.0 Å². The van der Waals surface area contributed by atoms with Crippen molar-refractivity contribution in [3.8, 4) is 6.07 Å². The smallest absolute Gasteiger partial charge is 0.275 e. The van der Waals surface area contributed by atoms with Crippen LogP contribution in [0.25, 0.3) is 20.9 Å². The van der Waals surface area contributed by atoms with Gasteiger partial charge in [-0.05, 0) is 36.1 Å². The largest absolute Gasteiger partial charge is 0.362 e. The SMILES string of the molecule is [C-]#[N+]c1cnc2c(NC3CC3)nc(Nc3cc(C#N)cc(CN=[N+]=[N-])c3Cl)nn12. The van der Waals surface area contributed by atoms with E-state index in [1.165, 1.54) is 10.7 Å². The molecule has 0 amide bonds. The van der Waals surface area contributed by atoms with E-state index in [2.05, 4.69) is 40.6 Å². The van der Waals surface area contributed by atoms with E-state index in [9.17, 15) is 5.26 Å². The Morgan fingerprint density at radius 2 is 2.28 bits per heavy atom. The summed E-state index contributed by atoms with van der Waals surface area (Å²) in [7, 11) is 0. The number of nitrogens with zero attached hydrogens (tertiary/aromatic N) is 9. The molecule has 0 radical (unpaired) electrons. The van der Waals surface area contributed by atoms with Gasteiger partial charge in [-0.3, -0.25) is 0 Å². The molecular formula is C17H12ClN11. The monoisotopic (exact) mass is 405 g/mol. The van der Waals surface area contributed by atoms with Crippen LogP contribution in [-0.4, -0.2) is 25.6 Å². The summed E-state index contributed by atoms with van der Waals surface area (Å²) in [5.74, 6) is 0.919. The van der Waals surface area contributed by atoms with E-state index >= 15 is 0 Å². The number of hydrogen-bond donors (Lipinski definition) is 2. The van der Waals surface area contributed by atoms with Crippen LogP contribution in [0.5, 0.6) is 0 Å². The lowest BCUT2D eigenvalue weighted by Gasteiger charge is -2.11. The van der Waals surface area contributed by atoms with Gasteiger partial charge in [0.1, 0.15) is 0 Å². The Morgan fingerprint density at radius 3 is 2.97 bits per heavy atom. The van der Waals surface area contributed by atoms with Gasteiger partial charge < -0.3 is 15.5 Å². The van der Waals surface area contributed by atoms with Crippen LogP contribution >= 0.6 is 11.6 Å². The van der Waals surface area contributed by atoms with Gasteiger partial charge in [0, 0.05) is 11.0 Å².